The first-order valence-corrected chi connectivity index (χ1v) is 12.3. The van der Waals surface area contributed by atoms with E-state index in [0.717, 1.165) is 40.3 Å². The first-order valence-electron chi connectivity index (χ1n) is 11.5. The zero-order chi connectivity index (χ0) is 26.9. The van der Waals surface area contributed by atoms with Gasteiger partial charge in [-0.05, 0) is 60.9 Å². The molecule has 2 aromatic heterocycles. The smallest absolute Gasteiger partial charge is 0.403 e. The quantitative estimate of drug-likeness (QED) is 0.250. The molecule has 2 heterocycles. The van der Waals surface area contributed by atoms with Crippen LogP contribution in [-0.2, 0) is 12.6 Å². The maximum Gasteiger partial charge on any atom is 0.416 e. The Balaban J connectivity index is 1.81. The number of aryl methyl sites for hydroxylation is 2. The van der Waals surface area contributed by atoms with Crippen LogP contribution in [0.15, 0.2) is 66.5 Å². The van der Waals surface area contributed by atoms with Gasteiger partial charge in [0.25, 0.3) is 0 Å². The van der Waals surface area contributed by atoms with E-state index in [1.165, 1.54) is 18.3 Å². The van der Waals surface area contributed by atoms with Gasteiger partial charge >= 0.3 is 6.18 Å². The predicted molar refractivity (Wildman–Crippen MR) is 143 cm³/mol. The Morgan fingerprint density at radius 3 is 2.32 bits per heavy atom. The fourth-order valence-electron chi connectivity index (χ4n) is 4.45. The molecule has 9 heteroatoms. The van der Waals surface area contributed by atoms with E-state index >= 15 is 0 Å². The summed E-state index contributed by atoms with van der Waals surface area (Å²) in [5.41, 5.74) is 11.5. The number of halogens is 5. The number of fused-ring (bicyclic) bond motifs is 1. The van der Waals surface area contributed by atoms with Gasteiger partial charge in [-0.3, -0.25) is 4.98 Å². The molecule has 0 aliphatic rings. The van der Waals surface area contributed by atoms with Crippen LogP contribution in [0.3, 0.4) is 0 Å². The fraction of sp³-hybridized carbons (Fsp3) is 0.214. The molecule has 0 fully saturated rings. The minimum Gasteiger partial charge on any atom is -0.403 e. The third-order valence-corrected chi connectivity index (χ3v) is 7.09. The molecule has 3 N–H and O–H groups in total. The number of nitrogens with zero attached hydrogens (tertiary/aromatic N) is 2. The van der Waals surface area contributed by atoms with Crippen LogP contribution >= 0.6 is 23.2 Å². The van der Waals surface area contributed by atoms with E-state index in [1.54, 1.807) is 7.05 Å². The van der Waals surface area contributed by atoms with Gasteiger partial charge in [0.15, 0.2) is 0 Å². The molecule has 0 aliphatic carbocycles. The van der Waals surface area contributed by atoms with Crippen LogP contribution in [0.4, 0.5) is 13.2 Å². The molecule has 37 heavy (non-hydrogen) atoms. The lowest BCUT2D eigenvalue weighted by atomic mass is 9.86. The largest absolute Gasteiger partial charge is 0.416 e. The summed E-state index contributed by atoms with van der Waals surface area (Å²) >= 11 is 13.3. The third kappa shape index (κ3) is 5.53. The van der Waals surface area contributed by atoms with Crippen LogP contribution in [0.2, 0.25) is 10.2 Å². The Morgan fingerprint density at radius 1 is 1.03 bits per heavy atom. The predicted octanol–water partition coefficient (Wildman–Crippen LogP) is 7.31. The van der Waals surface area contributed by atoms with Crippen LogP contribution < -0.4 is 11.1 Å². The molecule has 0 saturated heterocycles. The summed E-state index contributed by atoms with van der Waals surface area (Å²) in [5.74, 6) is -0.238. The van der Waals surface area contributed by atoms with E-state index in [-0.39, 0.29) is 17.5 Å². The zero-order valence-electron chi connectivity index (χ0n) is 20.4. The number of allylic oxidation sites excluding steroid dienone is 1. The van der Waals surface area contributed by atoms with Gasteiger partial charge in [-0.25, -0.2) is 4.98 Å². The maximum absolute atomic E-state index is 13.0. The van der Waals surface area contributed by atoms with Crippen molar-refractivity contribution in [1.82, 2.24) is 15.3 Å². The van der Waals surface area contributed by atoms with Gasteiger partial charge < -0.3 is 11.1 Å². The number of rotatable bonds is 6. The average molecular weight is 545 g/mol. The molecule has 0 saturated carbocycles. The van der Waals surface area contributed by atoms with E-state index in [1.807, 2.05) is 44.2 Å². The molecule has 4 aromatic rings. The first-order chi connectivity index (χ1) is 17.5. The normalized spacial score (nSPS) is 13.1. The molecular weight excluding hydrogens is 520 g/mol. The highest BCUT2D eigenvalue weighted by Gasteiger charge is 2.30. The van der Waals surface area contributed by atoms with Crippen molar-refractivity contribution in [3.63, 3.8) is 0 Å². The number of pyridine rings is 2. The number of benzene rings is 2. The number of hydrogen-bond acceptors (Lipinski definition) is 4. The van der Waals surface area contributed by atoms with Gasteiger partial charge in [0.05, 0.1) is 22.0 Å². The minimum absolute atomic E-state index is 0.207. The van der Waals surface area contributed by atoms with Gasteiger partial charge in [0, 0.05) is 47.7 Å². The third-order valence-electron chi connectivity index (χ3n) is 6.34. The molecule has 4 rings (SSSR count). The molecule has 2 aromatic carbocycles. The summed E-state index contributed by atoms with van der Waals surface area (Å²) in [6.45, 7) is 3.89. The Labute approximate surface area is 223 Å². The van der Waals surface area contributed by atoms with Gasteiger partial charge in [0.1, 0.15) is 5.15 Å². The lowest BCUT2D eigenvalue weighted by Gasteiger charge is -2.23. The lowest BCUT2D eigenvalue weighted by Crippen LogP contribution is -2.19. The van der Waals surface area contributed by atoms with E-state index in [2.05, 4.69) is 15.3 Å². The Kier molecular flexibility index (Phi) is 7.67. The molecular formula is C28H25Cl2F3N4. The number of hydrogen-bond donors (Lipinski definition) is 2. The SMILES string of the molecule is CN/C(=C\N)C(c1ccc2nc(Cl)c(Cc3ccc(C(F)(F)F)cc3)c(Cl)c2c1)c1ccc(C)nc1C. The van der Waals surface area contributed by atoms with Gasteiger partial charge in [0.2, 0.25) is 0 Å². The number of nitrogens with one attached hydrogen (secondary N) is 1. The molecule has 0 radical (unpaired) electrons. The minimum atomic E-state index is -4.40. The van der Waals surface area contributed by atoms with E-state index in [0.29, 0.717) is 27.1 Å². The molecule has 192 valence electrons. The number of alkyl halides is 3. The van der Waals surface area contributed by atoms with Crippen molar-refractivity contribution in [1.29, 1.82) is 0 Å². The molecule has 0 aliphatic heterocycles. The van der Waals surface area contributed by atoms with E-state index in [4.69, 9.17) is 28.9 Å². The van der Waals surface area contributed by atoms with Crippen molar-refractivity contribution in [3.05, 3.63) is 116 Å². The highest BCUT2D eigenvalue weighted by Crippen LogP contribution is 2.38. The van der Waals surface area contributed by atoms with Crippen molar-refractivity contribution in [2.24, 2.45) is 5.73 Å². The topological polar surface area (TPSA) is 63.8 Å². The summed E-state index contributed by atoms with van der Waals surface area (Å²) in [6, 6.07) is 14.7. The highest BCUT2D eigenvalue weighted by molar-refractivity contribution is 6.39. The highest BCUT2D eigenvalue weighted by atomic mass is 35.5. The summed E-state index contributed by atoms with van der Waals surface area (Å²) in [7, 11) is 1.81. The van der Waals surface area contributed by atoms with Crippen LogP contribution in [0.5, 0.6) is 0 Å². The summed E-state index contributed by atoms with van der Waals surface area (Å²) in [5, 5.41) is 4.47. The Bertz CT molecular complexity index is 1480. The average Bonchev–Trinajstić information content (AvgIpc) is 2.85. The van der Waals surface area contributed by atoms with E-state index < -0.39 is 11.7 Å². The zero-order valence-corrected chi connectivity index (χ0v) is 21.9. The fourth-order valence-corrected chi connectivity index (χ4v) is 5.06. The number of likely N-dealkylation sites (N-methyl/N-ethyl adjacent to an activating group) is 1. The molecule has 0 amide bonds. The second-order valence-electron chi connectivity index (χ2n) is 8.78. The van der Waals surface area contributed by atoms with Crippen molar-refractivity contribution >= 4 is 34.1 Å². The monoisotopic (exact) mass is 544 g/mol. The van der Waals surface area contributed by atoms with Crippen molar-refractivity contribution in [2.45, 2.75) is 32.4 Å². The van der Waals surface area contributed by atoms with Crippen LogP contribution in [-0.4, -0.2) is 17.0 Å². The summed E-state index contributed by atoms with van der Waals surface area (Å²) in [4.78, 5) is 9.13. The van der Waals surface area contributed by atoms with E-state index in [9.17, 15) is 13.2 Å². The van der Waals surface area contributed by atoms with Gasteiger partial charge in [-0.15, -0.1) is 0 Å². The number of aromatic nitrogens is 2. The van der Waals surface area contributed by atoms with Crippen LogP contribution in [0, 0.1) is 13.8 Å². The Morgan fingerprint density at radius 2 is 1.73 bits per heavy atom. The maximum atomic E-state index is 13.0. The summed E-state index contributed by atoms with van der Waals surface area (Å²) < 4.78 is 38.9. The lowest BCUT2D eigenvalue weighted by molar-refractivity contribution is -0.137. The van der Waals surface area contributed by atoms with Crippen molar-refractivity contribution in [3.8, 4) is 0 Å². The van der Waals surface area contributed by atoms with Gasteiger partial charge in [-0.2, -0.15) is 13.2 Å². The second-order valence-corrected chi connectivity index (χ2v) is 9.51. The molecule has 0 bridgehead atoms. The van der Waals surface area contributed by atoms with Crippen molar-refractivity contribution < 1.29 is 13.2 Å². The number of nitrogens with two attached hydrogens (primary N) is 1. The summed E-state index contributed by atoms with van der Waals surface area (Å²) in [6.07, 6.45) is -2.63. The van der Waals surface area contributed by atoms with Crippen LogP contribution in [0.1, 0.15) is 45.1 Å². The standard InChI is InChI=1S/C28H25Cl2F3N4/c1-15-4-10-20(16(2)36-15)25(24(14-34)35-3)18-7-11-23-21(13-18)26(29)22(27(30)37-23)12-17-5-8-19(9-6-17)28(31,32)33/h4-11,13-14,25,35H,12,34H2,1-3H3/b24-14-. The Hall–Kier alpha value is -3.29. The van der Waals surface area contributed by atoms with Crippen molar-refractivity contribution in [2.75, 3.05) is 7.05 Å². The molecule has 4 nitrogen and oxygen atoms in total. The van der Waals surface area contributed by atoms with Crippen LogP contribution in [0.25, 0.3) is 10.9 Å². The first kappa shape index (κ1) is 26.8. The second kappa shape index (κ2) is 10.6. The molecule has 1 unspecified atom stereocenters. The molecule has 1 atom stereocenters. The molecule has 0 spiro atoms. The van der Waals surface area contributed by atoms with Gasteiger partial charge in [-0.1, -0.05) is 47.5 Å².